The average Bonchev–Trinajstić information content (AvgIpc) is 2.47. The lowest BCUT2D eigenvalue weighted by atomic mass is 9.80. The average molecular weight is 347 g/mol. The highest BCUT2D eigenvalue weighted by Gasteiger charge is 2.37. The van der Waals surface area contributed by atoms with Crippen LogP contribution in [0.5, 0.6) is 12.0 Å². The summed E-state index contributed by atoms with van der Waals surface area (Å²) in [6, 6.07) is 0.654. The molecular formula is C18H29N5O2. The van der Waals surface area contributed by atoms with Crippen LogP contribution in [0.15, 0.2) is 25.3 Å². The van der Waals surface area contributed by atoms with Gasteiger partial charge in [0.25, 0.3) is 0 Å². The van der Waals surface area contributed by atoms with Crippen LogP contribution in [-0.2, 0) is 0 Å². The summed E-state index contributed by atoms with van der Waals surface area (Å²) in [6.07, 6.45) is 5.18. The van der Waals surface area contributed by atoms with E-state index < -0.39 is 0 Å². The van der Waals surface area contributed by atoms with Crippen LogP contribution in [0.25, 0.3) is 0 Å². The molecule has 2 N–H and O–H groups in total. The first-order valence-corrected chi connectivity index (χ1v) is 8.52. The maximum atomic E-state index is 5.45. The molecule has 1 aromatic rings. The summed E-state index contributed by atoms with van der Waals surface area (Å²) in [6.45, 7) is 16.7. The van der Waals surface area contributed by atoms with Crippen molar-refractivity contribution in [1.82, 2.24) is 20.3 Å². The predicted molar refractivity (Wildman–Crippen MR) is 99.1 cm³/mol. The number of rotatable bonds is 8. The smallest absolute Gasteiger partial charge is 0.324 e. The first-order chi connectivity index (χ1) is 11.7. The number of nitrogens with zero attached hydrogens (tertiary/aromatic N) is 3. The quantitative estimate of drug-likeness (QED) is 0.700. The summed E-state index contributed by atoms with van der Waals surface area (Å²) < 4.78 is 10.9. The summed E-state index contributed by atoms with van der Waals surface area (Å²) in [4.78, 5) is 12.8. The molecule has 1 aliphatic rings. The second-order valence-corrected chi connectivity index (χ2v) is 7.57. The van der Waals surface area contributed by atoms with E-state index in [9.17, 15) is 0 Å². The molecule has 0 amide bonds. The van der Waals surface area contributed by atoms with Gasteiger partial charge in [-0.25, -0.2) is 0 Å². The SMILES string of the molecule is C=CCOc1nc(NC2CC(C)(C)NC(C)(C)C2)nc(OCC=C)n1. The minimum absolute atomic E-state index is 0.0246. The zero-order valence-corrected chi connectivity index (χ0v) is 15.6. The van der Waals surface area contributed by atoms with E-state index in [1.54, 1.807) is 12.2 Å². The van der Waals surface area contributed by atoms with Gasteiger partial charge in [-0.3, -0.25) is 0 Å². The van der Waals surface area contributed by atoms with Crippen molar-refractivity contribution in [3.63, 3.8) is 0 Å². The molecule has 1 saturated heterocycles. The van der Waals surface area contributed by atoms with Crippen molar-refractivity contribution in [3.05, 3.63) is 25.3 Å². The molecule has 0 aromatic carbocycles. The molecule has 0 aliphatic carbocycles. The second kappa shape index (κ2) is 7.82. The summed E-state index contributed by atoms with van der Waals surface area (Å²) in [5, 5.41) is 7.07. The normalized spacial score (nSPS) is 19.0. The summed E-state index contributed by atoms with van der Waals surface area (Å²) in [7, 11) is 0. The van der Waals surface area contributed by atoms with Gasteiger partial charge in [0.1, 0.15) is 13.2 Å². The van der Waals surface area contributed by atoms with Gasteiger partial charge in [-0.2, -0.15) is 9.97 Å². The molecular weight excluding hydrogens is 318 g/mol. The maximum Gasteiger partial charge on any atom is 0.324 e. The highest BCUT2D eigenvalue weighted by atomic mass is 16.5. The van der Waals surface area contributed by atoms with Crippen LogP contribution in [0.4, 0.5) is 5.95 Å². The van der Waals surface area contributed by atoms with Crippen LogP contribution in [-0.4, -0.2) is 45.3 Å². The van der Waals surface area contributed by atoms with Gasteiger partial charge in [0.05, 0.1) is 0 Å². The number of ether oxygens (including phenoxy) is 2. The van der Waals surface area contributed by atoms with Gasteiger partial charge in [0, 0.05) is 17.1 Å². The number of piperidine rings is 1. The highest BCUT2D eigenvalue weighted by Crippen LogP contribution is 2.30. The third kappa shape index (κ3) is 6.01. The number of aromatic nitrogens is 3. The third-order valence-corrected chi connectivity index (χ3v) is 3.78. The first-order valence-electron chi connectivity index (χ1n) is 8.52. The predicted octanol–water partition coefficient (Wildman–Crippen LogP) is 2.72. The molecule has 1 aliphatic heterocycles. The minimum Gasteiger partial charge on any atom is -0.459 e. The van der Waals surface area contributed by atoms with Crippen molar-refractivity contribution >= 4 is 5.95 Å². The van der Waals surface area contributed by atoms with Crippen molar-refractivity contribution in [1.29, 1.82) is 0 Å². The fraction of sp³-hybridized carbons (Fsp3) is 0.611. The van der Waals surface area contributed by atoms with E-state index in [4.69, 9.17) is 9.47 Å². The standard InChI is InChI=1S/C18H29N5O2/c1-7-9-24-15-20-14(21-16(22-15)25-10-8-2)19-13-11-17(3,4)23-18(5,6)12-13/h7-8,13,23H,1-2,9-12H2,3-6H3,(H,19,20,21,22). The largest absolute Gasteiger partial charge is 0.459 e. The number of hydrogen-bond acceptors (Lipinski definition) is 7. The van der Waals surface area contributed by atoms with Crippen molar-refractivity contribution in [3.8, 4) is 12.0 Å². The van der Waals surface area contributed by atoms with Gasteiger partial charge in [0.2, 0.25) is 5.95 Å². The minimum atomic E-state index is 0.0246. The van der Waals surface area contributed by atoms with Gasteiger partial charge in [-0.15, -0.1) is 4.98 Å². The van der Waals surface area contributed by atoms with E-state index in [2.05, 4.69) is 66.4 Å². The Hall–Kier alpha value is -2.15. The Labute approximate surface area is 150 Å². The van der Waals surface area contributed by atoms with Gasteiger partial charge in [-0.1, -0.05) is 25.3 Å². The lowest BCUT2D eigenvalue weighted by molar-refractivity contribution is 0.170. The van der Waals surface area contributed by atoms with E-state index in [-0.39, 0.29) is 29.1 Å². The summed E-state index contributed by atoms with van der Waals surface area (Å²) in [5.74, 6) is 0.451. The molecule has 0 atom stereocenters. The molecule has 0 radical (unpaired) electrons. The number of hydrogen-bond donors (Lipinski definition) is 2. The van der Waals surface area contributed by atoms with E-state index >= 15 is 0 Å². The maximum absolute atomic E-state index is 5.45. The topological polar surface area (TPSA) is 81.2 Å². The van der Waals surface area contributed by atoms with E-state index in [0.29, 0.717) is 19.2 Å². The summed E-state index contributed by atoms with van der Waals surface area (Å²) in [5.41, 5.74) is 0.0492. The molecule has 2 rings (SSSR count). The fourth-order valence-corrected chi connectivity index (χ4v) is 3.41. The molecule has 1 fully saturated rings. The Kier molecular flexibility index (Phi) is 6.00. The molecule has 25 heavy (non-hydrogen) atoms. The van der Waals surface area contributed by atoms with Crippen molar-refractivity contribution in [2.24, 2.45) is 0 Å². The van der Waals surface area contributed by atoms with E-state index in [1.807, 2.05) is 0 Å². The lowest BCUT2D eigenvalue weighted by Crippen LogP contribution is -2.60. The third-order valence-electron chi connectivity index (χ3n) is 3.78. The zero-order valence-electron chi connectivity index (χ0n) is 15.6. The number of anilines is 1. The van der Waals surface area contributed by atoms with Gasteiger partial charge in [0.15, 0.2) is 0 Å². The monoisotopic (exact) mass is 347 g/mol. The van der Waals surface area contributed by atoms with Crippen LogP contribution in [0.1, 0.15) is 40.5 Å². The van der Waals surface area contributed by atoms with Gasteiger partial charge >= 0.3 is 12.0 Å². The van der Waals surface area contributed by atoms with Crippen LogP contribution in [0.3, 0.4) is 0 Å². The first kappa shape index (κ1) is 19.2. The Morgan fingerprint density at radius 3 is 1.92 bits per heavy atom. The molecule has 7 nitrogen and oxygen atoms in total. The Balaban J connectivity index is 2.18. The molecule has 7 heteroatoms. The van der Waals surface area contributed by atoms with Crippen LogP contribution >= 0.6 is 0 Å². The highest BCUT2D eigenvalue weighted by molar-refractivity contribution is 5.30. The molecule has 1 aromatic heterocycles. The lowest BCUT2D eigenvalue weighted by Gasteiger charge is -2.46. The Morgan fingerprint density at radius 1 is 1.00 bits per heavy atom. The second-order valence-electron chi connectivity index (χ2n) is 7.57. The van der Waals surface area contributed by atoms with E-state index in [1.165, 1.54) is 0 Å². The van der Waals surface area contributed by atoms with Crippen LogP contribution in [0, 0.1) is 0 Å². The zero-order chi connectivity index (χ0) is 18.5. The summed E-state index contributed by atoms with van der Waals surface area (Å²) >= 11 is 0. The van der Waals surface area contributed by atoms with Crippen molar-refractivity contribution < 1.29 is 9.47 Å². The fourth-order valence-electron chi connectivity index (χ4n) is 3.41. The molecule has 0 unspecified atom stereocenters. The van der Waals surface area contributed by atoms with Crippen LogP contribution < -0.4 is 20.1 Å². The molecule has 0 spiro atoms. The van der Waals surface area contributed by atoms with Crippen LogP contribution in [0.2, 0.25) is 0 Å². The molecule has 138 valence electrons. The van der Waals surface area contributed by atoms with Gasteiger partial charge in [-0.05, 0) is 40.5 Å². The molecule has 0 bridgehead atoms. The molecule has 0 saturated carbocycles. The Bertz CT molecular complexity index is 569. The van der Waals surface area contributed by atoms with Crippen molar-refractivity contribution in [2.45, 2.75) is 57.7 Å². The number of nitrogens with one attached hydrogen (secondary N) is 2. The Morgan fingerprint density at radius 2 is 1.48 bits per heavy atom. The van der Waals surface area contributed by atoms with E-state index in [0.717, 1.165) is 12.8 Å². The van der Waals surface area contributed by atoms with Crippen molar-refractivity contribution in [2.75, 3.05) is 18.5 Å². The molecule has 2 heterocycles. The van der Waals surface area contributed by atoms with Gasteiger partial charge < -0.3 is 20.1 Å².